The van der Waals surface area contributed by atoms with Crippen LogP contribution in [-0.4, -0.2) is 54.0 Å². The number of nitrogens with zero attached hydrogens (tertiary/aromatic N) is 1. The van der Waals surface area contributed by atoms with Crippen LogP contribution >= 0.6 is 0 Å². The van der Waals surface area contributed by atoms with Gasteiger partial charge in [0.05, 0.1) is 11.5 Å². The van der Waals surface area contributed by atoms with Crippen molar-refractivity contribution in [2.45, 2.75) is 46.5 Å². The van der Waals surface area contributed by atoms with Gasteiger partial charge in [-0.1, -0.05) is 6.92 Å². The highest BCUT2D eigenvalue weighted by Gasteiger charge is 2.31. The highest BCUT2D eigenvalue weighted by Crippen LogP contribution is 2.30. The van der Waals surface area contributed by atoms with Crippen LogP contribution in [-0.2, 0) is 16.0 Å². The Kier molecular flexibility index (Phi) is 6.97. The Balaban J connectivity index is 2.21. The van der Waals surface area contributed by atoms with Gasteiger partial charge in [0.15, 0.2) is 11.5 Å². The molecule has 2 rings (SSSR count). The van der Waals surface area contributed by atoms with Crippen molar-refractivity contribution >= 4 is 17.7 Å². The number of hydrogen-bond acceptors (Lipinski definition) is 5. The minimum absolute atomic E-state index is 0.00773. The van der Waals surface area contributed by atoms with Gasteiger partial charge < -0.3 is 19.2 Å². The van der Waals surface area contributed by atoms with Gasteiger partial charge in [0.2, 0.25) is 0 Å². The Morgan fingerprint density at radius 1 is 1.35 bits per heavy atom. The molecule has 1 aliphatic carbocycles. The molecule has 1 unspecified atom stereocenters. The SMILES string of the molecule is CCOCCCN(CC(C)C(=O)O)C(=O)c1oc2c(c1C)C(=O)CCC2. The number of fused-ring (bicyclic) bond motifs is 1. The fraction of sp³-hybridized carbons (Fsp3) is 0.632. The van der Waals surface area contributed by atoms with Crippen LogP contribution in [0, 0.1) is 12.8 Å². The summed E-state index contributed by atoms with van der Waals surface area (Å²) in [5, 5.41) is 9.18. The summed E-state index contributed by atoms with van der Waals surface area (Å²) in [5.41, 5.74) is 1.09. The Morgan fingerprint density at radius 2 is 2.08 bits per heavy atom. The number of rotatable bonds is 9. The number of carboxylic acid groups (broad SMARTS) is 1. The molecule has 7 heteroatoms. The van der Waals surface area contributed by atoms with Gasteiger partial charge in [-0.3, -0.25) is 14.4 Å². The topological polar surface area (TPSA) is 97.1 Å². The zero-order valence-electron chi connectivity index (χ0n) is 15.7. The molecule has 0 aliphatic heterocycles. The molecule has 1 heterocycles. The smallest absolute Gasteiger partial charge is 0.308 e. The molecule has 1 N–H and O–H groups in total. The standard InChI is InChI=1S/C19H27NO6/c1-4-25-10-6-9-20(11-12(2)19(23)24)18(22)17-13(3)16-14(21)7-5-8-15(16)26-17/h12H,4-11H2,1-3H3,(H,23,24). The minimum atomic E-state index is -0.960. The molecule has 0 aromatic carbocycles. The highest BCUT2D eigenvalue weighted by molar-refractivity contribution is 6.03. The molecule has 1 amide bonds. The van der Waals surface area contributed by atoms with Crippen LogP contribution in [0.1, 0.15) is 65.3 Å². The van der Waals surface area contributed by atoms with E-state index >= 15 is 0 Å². The summed E-state index contributed by atoms with van der Waals surface area (Å²) >= 11 is 0. The van der Waals surface area contributed by atoms with E-state index in [1.807, 2.05) is 6.92 Å². The van der Waals surface area contributed by atoms with Crippen LogP contribution in [0.2, 0.25) is 0 Å². The first-order chi connectivity index (χ1) is 12.4. The van der Waals surface area contributed by atoms with E-state index in [2.05, 4.69) is 0 Å². The molecule has 7 nitrogen and oxygen atoms in total. The van der Waals surface area contributed by atoms with Crippen molar-refractivity contribution in [1.29, 1.82) is 0 Å². The van der Waals surface area contributed by atoms with Gasteiger partial charge in [0.1, 0.15) is 5.76 Å². The lowest BCUT2D eigenvalue weighted by molar-refractivity contribution is -0.141. The first-order valence-electron chi connectivity index (χ1n) is 9.12. The second kappa shape index (κ2) is 8.98. The number of aryl methyl sites for hydroxylation is 1. The van der Waals surface area contributed by atoms with Gasteiger partial charge in [0, 0.05) is 44.7 Å². The van der Waals surface area contributed by atoms with Crippen molar-refractivity contribution in [3.63, 3.8) is 0 Å². The lowest BCUT2D eigenvalue weighted by Gasteiger charge is -2.24. The second-order valence-corrected chi connectivity index (χ2v) is 6.67. The molecule has 1 atom stereocenters. The number of carboxylic acids is 1. The molecule has 0 radical (unpaired) electrons. The van der Waals surface area contributed by atoms with Crippen LogP contribution in [0.15, 0.2) is 4.42 Å². The Bertz CT molecular complexity index is 678. The number of hydrogen-bond donors (Lipinski definition) is 1. The number of Topliss-reactive ketones (excluding diaryl/α,β-unsaturated/α-hetero) is 1. The zero-order valence-corrected chi connectivity index (χ0v) is 15.7. The predicted molar refractivity (Wildman–Crippen MR) is 94.5 cm³/mol. The molecule has 0 saturated carbocycles. The molecule has 26 heavy (non-hydrogen) atoms. The maximum atomic E-state index is 13.0. The van der Waals surface area contributed by atoms with Crippen molar-refractivity contribution in [2.75, 3.05) is 26.3 Å². The lowest BCUT2D eigenvalue weighted by Crippen LogP contribution is -2.38. The van der Waals surface area contributed by atoms with E-state index in [1.165, 1.54) is 4.90 Å². The van der Waals surface area contributed by atoms with Crippen LogP contribution in [0.25, 0.3) is 0 Å². The molecule has 0 saturated heterocycles. The maximum Gasteiger partial charge on any atom is 0.308 e. The summed E-state index contributed by atoms with van der Waals surface area (Å²) in [4.78, 5) is 37.8. The van der Waals surface area contributed by atoms with Gasteiger partial charge in [-0.15, -0.1) is 0 Å². The van der Waals surface area contributed by atoms with Crippen molar-refractivity contribution in [2.24, 2.45) is 5.92 Å². The average molecular weight is 365 g/mol. The largest absolute Gasteiger partial charge is 0.481 e. The van der Waals surface area contributed by atoms with Gasteiger partial charge in [-0.2, -0.15) is 0 Å². The van der Waals surface area contributed by atoms with Gasteiger partial charge >= 0.3 is 5.97 Å². The normalized spacial score (nSPS) is 14.8. The van der Waals surface area contributed by atoms with Gasteiger partial charge in [-0.05, 0) is 26.7 Å². The average Bonchev–Trinajstić information content (AvgIpc) is 2.94. The highest BCUT2D eigenvalue weighted by atomic mass is 16.5. The van der Waals surface area contributed by atoms with Crippen molar-refractivity contribution in [1.82, 2.24) is 4.90 Å². The summed E-state index contributed by atoms with van der Waals surface area (Å²) in [6.07, 6.45) is 2.44. The van der Waals surface area contributed by atoms with Crippen LogP contribution in [0.5, 0.6) is 0 Å². The number of carbonyl (C=O) groups is 3. The molecular weight excluding hydrogens is 338 g/mol. The monoisotopic (exact) mass is 365 g/mol. The number of furan rings is 1. The first-order valence-corrected chi connectivity index (χ1v) is 9.12. The predicted octanol–water partition coefficient (Wildman–Crippen LogP) is 2.70. The molecular formula is C19H27NO6. The van der Waals surface area contributed by atoms with E-state index in [1.54, 1.807) is 13.8 Å². The Hall–Kier alpha value is -2.15. The fourth-order valence-electron chi connectivity index (χ4n) is 3.18. The number of aliphatic carboxylic acids is 1. The maximum absolute atomic E-state index is 13.0. The van der Waals surface area contributed by atoms with E-state index in [0.717, 1.165) is 6.42 Å². The van der Waals surface area contributed by atoms with E-state index in [0.29, 0.717) is 55.9 Å². The summed E-state index contributed by atoms with van der Waals surface area (Å²) in [6, 6.07) is 0. The Labute approximate surface area is 153 Å². The number of ketones is 1. The number of ether oxygens (including phenoxy) is 1. The summed E-state index contributed by atoms with van der Waals surface area (Å²) in [5.74, 6) is -1.29. The second-order valence-electron chi connectivity index (χ2n) is 6.67. The molecule has 0 fully saturated rings. The van der Waals surface area contributed by atoms with Crippen molar-refractivity contribution in [3.05, 3.63) is 22.6 Å². The van der Waals surface area contributed by atoms with E-state index in [9.17, 15) is 19.5 Å². The van der Waals surface area contributed by atoms with E-state index < -0.39 is 11.9 Å². The number of amides is 1. The van der Waals surface area contributed by atoms with E-state index in [-0.39, 0.29) is 24.0 Å². The molecule has 1 aliphatic rings. The third-order valence-electron chi connectivity index (χ3n) is 4.62. The van der Waals surface area contributed by atoms with Crippen LogP contribution < -0.4 is 0 Å². The molecule has 1 aromatic heterocycles. The third kappa shape index (κ3) is 4.52. The quantitative estimate of drug-likeness (QED) is 0.676. The number of carbonyl (C=O) groups excluding carboxylic acids is 2. The summed E-state index contributed by atoms with van der Waals surface area (Å²) in [6.45, 7) is 6.71. The van der Waals surface area contributed by atoms with E-state index in [4.69, 9.17) is 9.15 Å². The van der Waals surface area contributed by atoms with Crippen molar-refractivity contribution < 1.29 is 28.6 Å². The van der Waals surface area contributed by atoms with Crippen LogP contribution in [0.4, 0.5) is 0 Å². The third-order valence-corrected chi connectivity index (χ3v) is 4.62. The summed E-state index contributed by atoms with van der Waals surface area (Å²) in [7, 11) is 0. The zero-order chi connectivity index (χ0) is 19.3. The molecule has 1 aromatic rings. The minimum Gasteiger partial charge on any atom is -0.481 e. The lowest BCUT2D eigenvalue weighted by atomic mass is 9.94. The fourth-order valence-corrected chi connectivity index (χ4v) is 3.18. The molecule has 144 valence electrons. The Morgan fingerprint density at radius 3 is 2.69 bits per heavy atom. The summed E-state index contributed by atoms with van der Waals surface area (Å²) < 4.78 is 11.0. The van der Waals surface area contributed by atoms with Crippen molar-refractivity contribution in [3.8, 4) is 0 Å². The van der Waals surface area contributed by atoms with Gasteiger partial charge in [0.25, 0.3) is 5.91 Å². The first kappa shape index (κ1) is 20.2. The van der Waals surface area contributed by atoms with Crippen LogP contribution in [0.3, 0.4) is 0 Å². The van der Waals surface area contributed by atoms with Gasteiger partial charge in [-0.25, -0.2) is 0 Å². The molecule has 0 spiro atoms. The molecule has 0 bridgehead atoms.